The van der Waals surface area contributed by atoms with Gasteiger partial charge in [0.25, 0.3) is 0 Å². The van der Waals surface area contributed by atoms with E-state index in [4.69, 9.17) is 11.6 Å². The normalized spacial score (nSPS) is 11.0. The summed E-state index contributed by atoms with van der Waals surface area (Å²) in [5.41, 5.74) is 0. The molecule has 3 nitrogen and oxygen atoms in total. The first-order chi connectivity index (χ1) is 3.85. The van der Waals surface area contributed by atoms with Crippen molar-refractivity contribution in [2.24, 2.45) is 0 Å². The molecule has 9 heavy (non-hydrogen) atoms. The van der Waals surface area contributed by atoms with E-state index >= 15 is 0 Å². The lowest BCUT2D eigenvalue weighted by atomic mass is 11.2. The Morgan fingerprint density at radius 2 is 2.00 bits per heavy atom. The first-order valence-electron chi connectivity index (χ1n) is 1.99. The van der Waals surface area contributed by atoms with Gasteiger partial charge in [-0.15, -0.1) is 0 Å². The summed E-state index contributed by atoms with van der Waals surface area (Å²) in [7, 11) is -1.95. The van der Waals surface area contributed by atoms with Gasteiger partial charge >= 0.3 is 0 Å². The molecular formula is C3H6ClNO2S2. The van der Waals surface area contributed by atoms with Crippen LogP contribution >= 0.6 is 23.8 Å². The van der Waals surface area contributed by atoms with Crippen LogP contribution in [0.25, 0.3) is 0 Å². The highest BCUT2D eigenvalue weighted by molar-refractivity contribution is 7.91. The van der Waals surface area contributed by atoms with Crippen LogP contribution in [0.1, 0.15) is 0 Å². The third-order valence-corrected chi connectivity index (χ3v) is 2.67. The molecule has 54 valence electrons. The van der Waals surface area contributed by atoms with Gasteiger partial charge in [0, 0.05) is 7.05 Å². The molecule has 0 saturated carbocycles. The van der Waals surface area contributed by atoms with Crippen LogP contribution < -0.4 is 0 Å². The number of nitrogens with zero attached hydrogens (tertiary/aromatic N) is 1. The molecule has 0 spiro atoms. The SMILES string of the molecule is CN(C(=S)Cl)S(C)(=O)=O. The van der Waals surface area contributed by atoms with Gasteiger partial charge in [-0.05, 0) is 12.2 Å². The van der Waals surface area contributed by atoms with Crippen molar-refractivity contribution in [2.75, 3.05) is 13.3 Å². The fourth-order valence-corrected chi connectivity index (χ4v) is 1.17. The minimum Gasteiger partial charge on any atom is -0.254 e. The second-order valence-electron chi connectivity index (χ2n) is 1.48. The molecule has 0 amide bonds. The number of sulfonamides is 1. The van der Waals surface area contributed by atoms with Gasteiger partial charge in [-0.1, -0.05) is 11.6 Å². The molecular weight excluding hydrogens is 182 g/mol. The van der Waals surface area contributed by atoms with Crippen LogP contribution in [0.3, 0.4) is 0 Å². The zero-order chi connectivity index (χ0) is 7.65. The molecule has 0 atom stereocenters. The third kappa shape index (κ3) is 2.98. The summed E-state index contributed by atoms with van der Waals surface area (Å²) in [6.45, 7) is 0. The van der Waals surface area contributed by atoms with E-state index in [2.05, 4.69) is 12.2 Å². The van der Waals surface area contributed by atoms with E-state index < -0.39 is 10.0 Å². The predicted molar refractivity (Wildman–Crippen MR) is 41.1 cm³/mol. The van der Waals surface area contributed by atoms with Crippen LogP contribution in [0.2, 0.25) is 0 Å². The molecule has 0 saturated heterocycles. The number of hydrogen-bond acceptors (Lipinski definition) is 3. The molecule has 0 unspecified atom stereocenters. The molecule has 0 rings (SSSR count). The van der Waals surface area contributed by atoms with E-state index in [0.717, 1.165) is 10.6 Å². The van der Waals surface area contributed by atoms with Crippen LogP contribution in [-0.2, 0) is 10.0 Å². The van der Waals surface area contributed by atoms with Gasteiger partial charge in [0.2, 0.25) is 10.0 Å². The Morgan fingerprint density at radius 3 is 2.00 bits per heavy atom. The number of halogens is 1. The molecule has 0 N–H and O–H groups in total. The number of rotatable bonds is 1. The molecule has 0 fully saturated rings. The summed E-state index contributed by atoms with van der Waals surface area (Å²) in [6, 6.07) is 0. The Bertz CT molecular complexity index is 210. The maximum atomic E-state index is 10.5. The molecule has 0 radical (unpaired) electrons. The molecule has 0 aromatic rings. The fraction of sp³-hybridized carbons (Fsp3) is 0.667. The van der Waals surface area contributed by atoms with E-state index in [1.807, 2.05) is 0 Å². The summed E-state index contributed by atoms with van der Waals surface area (Å²) in [5, 5.41) is 0. The zero-order valence-corrected chi connectivity index (χ0v) is 7.35. The minimum atomic E-state index is -3.24. The number of hydrogen-bond donors (Lipinski definition) is 0. The first kappa shape index (κ1) is 9.13. The Labute approximate surface area is 64.7 Å². The lowest BCUT2D eigenvalue weighted by Crippen LogP contribution is -2.27. The molecule has 0 aromatic heterocycles. The second-order valence-corrected chi connectivity index (χ2v) is 4.47. The highest BCUT2D eigenvalue weighted by atomic mass is 35.5. The summed E-state index contributed by atoms with van der Waals surface area (Å²) in [4.78, 5) is 0. The van der Waals surface area contributed by atoms with Crippen molar-refractivity contribution in [1.82, 2.24) is 4.31 Å². The van der Waals surface area contributed by atoms with Gasteiger partial charge in [0.15, 0.2) is 4.45 Å². The Morgan fingerprint density at radius 1 is 1.67 bits per heavy atom. The summed E-state index contributed by atoms with van der Waals surface area (Å²) in [5.74, 6) is 0. The zero-order valence-electron chi connectivity index (χ0n) is 4.96. The van der Waals surface area contributed by atoms with Gasteiger partial charge < -0.3 is 0 Å². The smallest absolute Gasteiger partial charge is 0.233 e. The van der Waals surface area contributed by atoms with Crippen LogP contribution in [-0.4, -0.2) is 30.5 Å². The molecule has 0 bridgehead atoms. The fourth-order valence-electron chi connectivity index (χ4n) is 0.130. The van der Waals surface area contributed by atoms with Gasteiger partial charge in [-0.3, -0.25) is 4.31 Å². The standard InChI is InChI=1S/C3H6ClNO2S2/c1-5(3(4)8)9(2,6)7/h1-2H3. The van der Waals surface area contributed by atoms with Crippen molar-refractivity contribution in [3.8, 4) is 0 Å². The maximum Gasteiger partial charge on any atom is 0.233 e. The van der Waals surface area contributed by atoms with Crippen molar-refractivity contribution in [1.29, 1.82) is 0 Å². The van der Waals surface area contributed by atoms with Gasteiger partial charge in [0.05, 0.1) is 6.26 Å². The molecule has 0 aromatic carbocycles. The van der Waals surface area contributed by atoms with Gasteiger partial charge in [0.1, 0.15) is 0 Å². The van der Waals surface area contributed by atoms with E-state index in [-0.39, 0.29) is 4.45 Å². The highest BCUT2D eigenvalue weighted by Gasteiger charge is 2.11. The topological polar surface area (TPSA) is 37.4 Å². The van der Waals surface area contributed by atoms with E-state index in [0.29, 0.717) is 0 Å². The van der Waals surface area contributed by atoms with Gasteiger partial charge in [-0.25, -0.2) is 8.42 Å². The third-order valence-electron chi connectivity index (χ3n) is 0.745. The van der Waals surface area contributed by atoms with Crippen LogP contribution in [0.4, 0.5) is 0 Å². The Balaban J connectivity index is 4.43. The monoisotopic (exact) mass is 187 g/mol. The van der Waals surface area contributed by atoms with Crippen molar-refractivity contribution < 1.29 is 8.42 Å². The highest BCUT2D eigenvalue weighted by Crippen LogP contribution is 1.98. The van der Waals surface area contributed by atoms with E-state index in [1.165, 1.54) is 7.05 Å². The quantitative estimate of drug-likeness (QED) is 0.339. The predicted octanol–water partition coefficient (Wildman–Crippen LogP) is 0.402. The molecule has 0 aliphatic carbocycles. The van der Waals surface area contributed by atoms with Crippen molar-refractivity contribution in [3.05, 3.63) is 0 Å². The molecule has 0 aliphatic heterocycles. The van der Waals surface area contributed by atoms with Gasteiger partial charge in [-0.2, -0.15) is 0 Å². The molecule has 0 heterocycles. The van der Waals surface area contributed by atoms with Crippen LogP contribution in [0.5, 0.6) is 0 Å². The van der Waals surface area contributed by atoms with Crippen LogP contribution in [0.15, 0.2) is 0 Å². The molecule has 0 aliphatic rings. The first-order valence-corrected chi connectivity index (χ1v) is 4.62. The Kier molecular flexibility index (Phi) is 2.85. The summed E-state index contributed by atoms with van der Waals surface area (Å²) >= 11 is 9.57. The van der Waals surface area contributed by atoms with Crippen molar-refractivity contribution in [2.45, 2.75) is 0 Å². The minimum absolute atomic E-state index is 0.169. The lowest BCUT2D eigenvalue weighted by Gasteiger charge is -2.10. The van der Waals surface area contributed by atoms with Crippen LogP contribution in [0, 0.1) is 0 Å². The van der Waals surface area contributed by atoms with Crippen molar-refractivity contribution >= 4 is 38.3 Å². The molecule has 6 heteroatoms. The van der Waals surface area contributed by atoms with E-state index in [9.17, 15) is 8.42 Å². The lowest BCUT2D eigenvalue weighted by molar-refractivity contribution is 0.563. The summed E-state index contributed by atoms with van der Waals surface area (Å²) < 4.78 is 21.7. The maximum absolute atomic E-state index is 10.5. The second kappa shape index (κ2) is 2.81. The van der Waals surface area contributed by atoms with Crippen molar-refractivity contribution in [3.63, 3.8) is 0 Å². The summed E-state index contributed by atoms with van der Waals surface area (Å²) in [6.07, 6.45) is 1.03. The average molecular weight is 188 g/mol. The average Bonchev–Trinajstić information content (AvgIpc) is 1.62. The van der Waals surface area contributed by atoms with E-state index in [1.54, 1.807) is 0 Å². The Hall–Kier alpha value is 0.130. The largest absolute Gasteiger partial charge is 0.254 e. The number of thiocarbonyl (C=S) groups is 1.